The second-order valence-corrected chi connectivity index (χ2v) is 5.85. The van der Waals surface area contributed by atoms with E-state index in [0.717, 1.165) is 18.9 Å². The van der Waals surface area contributed by atoms with Crippen LogP contribution in [0.25, 0.3) is 0 Å². The predicted molar refractivity (Wildman–Crippen MR) is 78.5 cm³/mol. The summed E-state index contributed by atoms with van der Waals surface area (Å²) >= 11 is 0. The Morgan fingerprint density at radius 3 is 2.90 bits per heavy atom. The maximum Gasteiger partial charge on any atom is 0.147 e. The molecule has 0 radical (unpaired) electrons. The summed E-state index contributed by atoms with van der Waals surface area (Å²) in [4.78, 5) is 3.96. The van der Waals surface area contributed by atoms with Crippen LogP contribution in [0.4, 0.5) is 0 Å². The van der Waals surface area contributed by atoms with Crippen LogP contribution in [0.5, 0.6) is 0 Å². The molecule has 0 aliphatic heterocycles. The van der Waals surface area contributed by atoms with Gasteiger partial charge in [0, 0.05) is 12.1 Å². The van der Waals surface area contributed by atoms with Crippen molar-refractivity contribution < 1.29 is 0 Å². The largest absolute Gasteiger partial charge is 0.313 e. The summed E-state index contributed by atoms with van der Waals surface area (Å²) < 4.78 is 4.10. The van der Waals surface area contributed by atoms with Crippen LogP contribution in [0.1, 0.15) is 50.9 Å². The Morgan fingerprint density at radius 2 is 2.14 bits per heavy atom. The Morgan fingerprint density at radius 1 is 1.29 bits per heavy atom. The minimum atomic E-state index is 0.309. The molecule has 0 saturated heterocycles. The van der Waals surface area contributed by atoms with Crippen LogP contribution in [-0.4, -0.2) is 35.6 Å². The zero-order valence-corrected chi connectivity index (χ0v) is 12.5. The lowest BCUT2D eigenvalue weighted by molar-refractivity contribution is 0.339. The molecule has 3 rings (SSSR count). The van der Waals surface area contributed by atoms with E-state index in [2.05, 4.69) is 37.1 Å². The first-order chi connectivity index (χ1) is 10.3. The van der Waals surface area contributed by atoms with Crippen molar-refractivity contribution in [2.24, 2.45) is 0 Å². The fraction of sp³-hybridized carbons (Fsp3) is 0.714. The fourth-order valence-corrected chi connectivity index (χ4v) is 2.99. The molecule has 1 saturated carbocycles. The molecule has 7 heteroatoms. The molecule has 1 N–H and O–H groups in total. The van der Waals surface area contributed by atoms with Crippen molar-refractivity contribution in [2.75, 3.05) is 0 Å². The standard InChI is InChI=1S/C14H23N7/c1-12(8-20-10-15-9-18-20)16-7-14-19-17-11-21(14)13-5-3-2-4-6-13/h9-13,16H,2-8H2,1H3. The zero-order valence-electron chi connectivity index (χ0n) is 12.5. The lowest BCUT2D eigenvalue weighted by atomic mass is 9.95. The number of nitrogens with zero attached hydrogens (tertiary/aromatic N) is 6. The highest BCUT2D eigenvalue weighted by atomic mass is 15.3. The average Bonchev–Trinajstić information content (AvgIpc) is 3.17. The summed E-state index contributed by atoms with van der Waals surface area (Å²) in [5.74, 6) is 1.03. The van der Waals surface area contributed by atoms with Crippen LogP contribution in [0.15, 0.2) is 19.0 Å². The maximum absolute atomic E-state index is 4.28. The van der Waals surface area contributed by atoms with E-state index >= 15 is 0 Å². The van der Waals surface area contributed by atoms with Gasteiger partial charge in [0.25, 0.3) is 0 Å². The van der Waals surface area contributed by atoms with Crippen LogP contribution < -0.4 is 5.32 Å². The van der Waals surface area contributed by atoms with Crippen molar-refractivity contribution in [3.05, 3.63) is 24.8 Å². The minimum absolute atomic E-state index is 0.309. The highest BCUT2D eigenvalue weighted by Crippen LogP contribution is 2.28. The third-order valence-electron chi connectivity index (χ3n) is 4.15. The van der Waals surface area contributed by atoms with Gasteiger partial charge in [-0.25, -0.2) is 4.98 Å². The van der Waals surface area contributed by atoms with Crippen molar-refractivity contribution in [2.45, 2.75) is 64.2 Å². The Labute approximate surface area is 124 Å². The van der Waals surface area contributed by atoms with Gasteiger partial charge in [-0.3, -0.25) is 4.68 Å². The number of hydrogen-bond donors (Lipinski definition) is 1. The summed E-state index contributed by atoms with van der Waals surface area (Å²) in [5.41, 5.74) is 0. The van der Waals surface area contributed by atoms with Crippen molar-refractivity contribution in [3.63, 3.8) is 0 Å². The molecular weight excluding hydrogens is 266 g/mol. The normalized spacial score (nSPS) is 18.0. The van der Waals surface area contributed by atoms with Crippen LogP contribution >= 0.6 is 0 Å². The van der Waals surface area contributed by atoms with E-state index in [1.54, 1.807) is 12.7 Å². The lowest BCUT2D eigenvalue weighted by Gasteiger charge is -2.24. The van der Waals surface area contributed by atoms with Gasteiger partial charge in [0.05, 0.1) is 13.1 Å². The van der Waals surface area contributed by atoms with Crippen molar-refractivity contribution >= 4 is 0 Å². The van der Waals surface area contributed by atoms with E-state index in [1.165, 1.54) is 32.1 Å². The Bertz CT molecular complexity index is 527. The minimum Gasteiger partial charge on any atom is -0.313 e. The first-order valence-electron chi connectivity index (χ1n) is 7.77. The molecule has 2 aromatic rings. The number of rotatable bonds is 6. The van der Waals surface area contributed by atoms with Gasteiger partial charge in [-0.1, -0.05) is 19.3 Å². The first kappa shape index (κ1) is 14.2. The molecule has 7 nitrogen and oxygen atoms in total. The zero-order chi connectivity index (χ0) is 14.5. The van der Waals surface area contributed by atoms with E-state index in [-0.39, 0.29) is 0 Å². The molecule has 2 heterocycles. The molecule has 0 spiro atoms. The molecule has 1 fully saturated rings. The Kier molecular flexibility index (Phi) is 4.59. The molecule has 2 aromatic heterocycles. The second-order valence-electron chi connectivity index (χ2n) is 5.85. The topological polar surface area (TPSA) is 73.5 Å². The highest BCUT2D eigenvalue weighted by Gasteiger charge is 2.18. The van der Waals surface area contributed by atoms with E-state index in [9.17, 15) is 0 Å². The maximum atomic E-state index is 4.28. The summed E-state index contributed by atoms with van der Waals surface area (Å²) in [6.07, 6.45) is 11.7. The molecule has 1 aliphatic carbocycles. The molecule has 0 bridgehead atoms. The van der Waals surface area contributed by atoms with E-state index in [0.29, 0.717) is 12.1 Å². The Balaban J connectivity index is 1.54. The number of nitrogens with one attached hydrogen (secondary N) is 1. The first-order valence-corrected chi connectivity index (χ1v) is 7.77. The number of hydrogen-bond acceptors (Lipinski definition) is 5. The van der Waals surface area contributed by atoms with Crippen molar-refractivity contribution in [1.82, 2.24) is 34.8 Å². The summed E-state index contributed by atoms with van der Waals surface area (Å²) in [7, 11) is 0. The summed E-state index contributed by atoms with van der Waals surface area (Å²) in [6.45, 7) is 3.69. The Hall–Kier alpha value is -1.76. The molecular formula is C14H23N7. The summed E-state index contributed by atoms with van der Waals surface area (Å²) in [6, 6.07) is 0.888. The third-order valence-corrected chi connectivity index (χ3v) is 4.15. The number of aromatic nitrogens is 6. The smallest absolute Gasteiger partial charge is 0.147 e. The molecule has 0 amide bonds. The van der Waals surface area contributed by atoms with Crippen molar-refractivity contribution in [1.29, 1.82) is 0 Å². The molecule has 1 unspecified atom stereocenters. The molecule has 0 aromatic carbocycles. The van der Waals surface area contributed by atoms with Gasteiger partial charge in [-0.15, -0.1) is 10.2 Å². The van der Waals surface area contributed by atoms with Gasteiger partial charge >= 0.3 is 0 Å². The summed E-state index contributed by atoms with van der Waals surface area (Å²) in [5, 5.41) is 16.0. The van der Waals surface area contributed by atoms with Gasteiger partial charge in [0.15, 0.2) is 0 Å². The fourth-order valence-electron chi connectivity index (χ4n) is 2.99. The van der Waals surface area contributed by atoms with Gasteiger partial charge < -0.3 is 9.88 Å². The van der Waals surface area contributed by atoms with Crippen LogP contribution in [0.3, 0.4) is 0 Å². The van der Waals surface area contributed by atoms with Crippen LogP contribution in [0.2, 0.25) is 0 Å². The monoisotopic (exact) mass is 289 g/mol. The average molecular weight is 289 g/mol. The van der Waals surface area contributed by atoms with Crippen LogP contribution in [-0.2, 0) is 13.1 Å². The van der Waals surface area contributed by atoms with E-state index in [1.807, 2.05) is 11.0 Å². The molecule has 1 aliphatic rings. The van der Waals surface area contributed by atoms with E-state index in [4.69, 9.17) is 0 Å². The van der Waals surface area contributed by atoms with Crippen LogP contribution in [0, 0.1) is 0 Å². The highest BCUT2D eigenvalue weighted by molar-refractivity contribution is 4.90. The SMILES string of the molecule is CC(Cn1cncn1)NCc1nncn1C1CCCCC1. The molecule has 114 valence electrons. The van der Waals surface area contributed by atoms with Gasteiger partial charge in [0.2, 0.25) is 0 Å². The molecule has 21 heavy (non-hydrogen) atoms. The van der Waals surface area contributed by atoms with Gasteiger partial charge in [0.1, 0.15) is 24.8 Å². The quantitative estimate of drug-likeness (QED) is 0.873. The second kappa shape index (κ2) is 6.80. The van der Waals surface area contributed by atoms with Gasteiger partial charge in [-0.05, 0) is 19.8 Å². The van der Waals surface area contributed by atoms with Crippen molar-refractivity contribution in [3.8, 4) is 0 Å². The van der Waals surface area contributed by atoms with Gasteiger partial charge in [-0.2, -0.15) is 5.10 Å². The van der Waals surface area contributed by atoms with E-state index < -0.39 is 0 Å². The predicted octanol–water partition coefficient (Wildman–Crippen LogP) is 1.55. The molecule has 1 atom stereocenters. The third kappa shape index (κ3) is 3.66. The lowest BCUT2D eigenvalue weighted by Crippen LogP contribution is -2.31.